The highest BCUT2D eigenvalue weighted by molar-refractivity contribution is 7.91. The van der Waals surface area contributed by atoms with Gasteiger partial charge in [-0.05, 0) is 29.4 Å². The van der Waals surface area contributed by atoms with Crippen LogP contribution in [0.1, 0.15) is 0 Å². The number of pyridine rings is 1. The minimum atomic E-state index is -4.66. The molecule has 1 unspecified atom stereocenters. The molecule has 0 aliphatic rings. The van der Waals surface area contributed by atoms with Gasteiger partial charge in [-0.2, -0.15) is 13.2 Å². The first-order chi connectivity index (χ1) is 14.6. The minimum absolute atomic E-state index is 0.00915. The van der Waals surface area contributed by atoms with E-state index in [-0.39, 0.29) is 31.7 Å². The summed E-state index contributed by atoms with van der Waals surface area (Å²) < 4.78 is 52.6. The summed E-state index contributed by atoms with van der Waals surface area (Å²) in [5, 5.41) is 4.13. The summed E-state index contributed by atoms with van der Waals surface area (Å²) in [6.07, 6.45) is 1.05. The van der Waals surface area contributed by atoms with Crippen molar-refractivity contribution in [2.75, 3.05) is 5.75 Å². The van der Waals surface area contributed by atoms with Crippen LogP contribution in [0, 0.1) is 0 Å². The van der Waals surface area contributed by atoms with Gasteiger partial charge in [0.05, 0.1) is 27.6 Å². The van der Waals surface area contributed by atoms with Crippen LogP contribution in [-0.2, 0) is 11.2 Å². The van der Waals surface area contributed by atoms with Gasteiger partial charge >= 0.3 is 6.18 Å². The molecule has 0 saturated carbocycles. The quantitative estimate of drug-likeness (QED) is 0.406. The van der Waals surface area contributed by atoms with E-state index >= 15 is 0 Å². The van der Waals surface area contributed by atoms with Gasteiger partial charge in [0.25, 0.3) is 5.56 Å². The molecule has 0 fully saturated rings. The van der Waals surface area contributed by atoms with E-state index in [4.69, 9.17) is 23.2 Å². The van der Waals surface area contributed by atoms with Crippen LogP contribution in [0.15, 0.2) is 58.9 Å². The van der Waals surface area contributed by atoms with Crippen molar-refractivity contribution in [1.82, 2.24) is 24.3 Å². The molecule has 0 saturated heterocycles. The Balaban J connectivity index is 1.82. The average molecular weight is 488 g/mol. The maximum absolute atomic E-state index is 13.0. The zero-order valence-corrected chi connectivity index (χ0v) is 17.5. The molecule has 0 radical (unpaired) electrons. The number of benzene rings is 1. The van der Waals surface area contributed by atoms with Crippen molar-refractivity contribution in [2.45, 2.75) is 11.1 Å². The summed E-state index contributed by atoms with van der Waals surface area (Å²) in [4.78, 5) is 20.8. The lowest BCUT2D eigenvalue weighted by Crippen LogP contribution is -2.24. The lowest BCUT2D eigenvalue weighted by atomic mass is 10.3. The maximum Gasteiger partial charge on any atom is 0.433 e. The van der Waals surface area contributed by atoms with Gasteiger partial charge in [0.2, 0.25) is 5.75 Å². The second-order valence-electron chi connectivity index (χ2n) is 6.28. The number of hydrogen-bond acceptors (Lipinski definition) is 5. The molecule has 4 aromatic rings. The molecule has 0 bridgehead atoms. The number of alkyl halides is 3. The van der Waals surface area contributed by atoms with Gasteiger partial charge < -0.3 is 4.55 Å². The Bertz CT molecular complexity index is 1330. The average Bonchev–Trinajstić information content (AvgIpc) is 3.14. The van der Waals surface area contributed by atoms with Crippen LogP contribution in [0.3, 0.4) is 0 Å². The van der Waals surface area contributed by atoms with Crippen LogP contribution in [0.25, 0.3) is 22.4 Å². The van der Waals surface area contributed by atoms with Crippen molar-refractivity contribution < 1.29 is 17.7 Å². The zero-order chi connectivity index (χ0) is 22.3. The predicted molar refractivity (Wildman–Crippen MR) is 110 cm³/mol. The van der Waals surface area contributed by atoms with Gasteiger partial charge in [-0.1, -0.05) is 23.2 Å². The molecular formula is C18H10Cl2F3N5O2S. The van der Waals surface area contributed by atoms with Crippen molar-refractivity contribution in [1.29, 1.82) is 0 Å². The molecule has 3 aromatic heterocycles. The third-order valence-electron chi connectivity index (χ3n) is 4.15. The number of fused-ring (bicyclic) bond motifs is 1. The van der Waals surface area contributed by atoms with Gasteiger partial charge in [-0.3, -0.25) is 14.3 Å². The molecule has 0 N–H and O–H groups in total. The third kappa shape index (κ3) is 4.40. The molecule has 0 spiro atoms. The highest BCUT2D eigenvalue weighted by atomic mass is 35.5. The van der Waals surface area contributed by atoms with Crippen molar-refractivity contribution in [3.05, 3.63) is 69.6 Å². The van der Waals surface area contributed by atoms with Gasteiger partial charge in [0.1, 0.15) is 11.7 Å². The largest absolute Gasteiger partial charge is 0.611 e. The van der Waals surface area contributed by atoms with E-state index in [2.05, 4.69) is 15.1 Å². The molecule has 31 heavy (non-hydrogen) atoms. The van der Waals surface area contributed by atoms with E-state index in [0.717, 1.165) is 23.0 Å². The van der Waals surface area contributed by atoms with Crippen LogP contribution >= 0.6 is 23.2 Å². The molecule has 0 aliphatic heterocycles. The van der Waals surface area contributed by atoms with E-state index in [9.17, 15) is 22.5 Å². The number of hydrogen-bond donors (Lipinski definition) is 0. The monoisotopic (exact) mass is 487 g/mol. The molecular weight excluding hydrogens is 478 g/mol. The lowest BCUT2D eigenvalue weighted by molar-refractivity contribution is -0.106. The third-order valence-corrected chi connectivity index (χ3v) is 6.30. The smallest absolute Gasteiger partial charge is 0.433 e. The predicted octanol–water partition coefficient (Wildman–Crippen LogP) is 3.94. The van der Waals surface area contributed by atoms with E-state index in [1.165, 1.54) is 10.9 Å². The Kier molecular flexibility index (Phi) is 5.69. The summed E-state index contributed by atoms with van der Waals surface area (Å²) in [7, 11) is 0. The summed E-state index contributed by atoms with van der Waals surface area (Å²) in [5.74, 6) is -1.59. The molecule has 160 valence electrons. The molecule has 7 nitrogen and oxygen atoms in total. The van der Waals surface area contributed by atoms with Gasteiger partial charge in [0.15, 0.2) is 10.5 Å². The Morgan fingerprint density at radius 1 is 1.19 bits per heavy atom. The zero-order valence-electron chi connectivity index (χ0n) is 15.2. The van der Waals surface area contributed by atoms with E-state index in [1.807, 2.05) is 0 Å². The highest BCUT2D eigenvalue weighted by Crippen LogP contribution is 2.33. The van der Waals surface area contributed by atoms with Crippen molar-refractivity contribution in [2.24, 2.45) is 0 Å². The van der Waals surface area contributed by atoms with Crippen LogP contribution in [0.5, 0.6) is 0 Å². The molecule has 3 heterocycles. The van der Waals surface area contributed by atoms with E-state index < -0.39 is 28.7 Å². The van der Waals surface area contributed by atoms with Gasteiger partial charge in [0, 0.05) is 18.5 Å². The standard InChI is InChI=1S/C18H10Cl2F3N5O2S/c19-12-4-13(20)15(31(30)8-18(21,22)23)5-14(12)27-9-25-16-11(17(27)29)7-28(26-16)10-2-1-3-24-6-10/h1-7,9H,8H2. The van der Waals surface area contributed by atoms with Crippen molar-refractivity contribution in [3.8, 4) is 11.4 Å². The summed E-state index contributed by atoms with van der Waals surface area (Å²) in [6, 6.07) is 5.66. The molecule has 4 rings (SSSR count). The number of aromatic nitrogens is 5. The van der Waals surface area contributed by atoms with Crippen LogP contribution in [0.4, 0.5) is 13.2 Å². The first kappa shape index (κ1) is 21.6. The number of rotatable bonds is 4. The fourth-order valence-electron chi connectivity index (χ4n) is 2.80. The molecule has 1 atom stereocenters. The maximum atomic E-state index is 13.0. The Hall–Kier alpha value is -2.60. The Morgan fingerprint density at radius 2 is 1.97 bits per heavy atom. The fourth-order valence-corrected chi connectivity index (χ4v) is 4.51. The molecule has 1 aromatic carbocycles. The lowest BCUT2D eigenvalue weighted by Gasteiger charge is -2.16. The SMILES string of the molecule is O=c1c2cn(-c3cccnc3)nc2ncn1-c1cc([S+]([O-])CC(F)(F)F)c(Cl)cc1Cl. The van der Waals surface area contributed by atoms with Crippen LogP contribution in [-0.4, -0.2) is 40.8 Å². The summed E-state index contributed by atoms with van der Waals surface area (Å²) >= 11 is 9.64. The van der Waals surface area contributed by atoms with E-state index in [1.54, 1.807) is 24.5 Å². The minimum Gasteiger partial charge on any atom is -0.611 e. The second kappa shape index (κ2) is 8.15. The Labute approximate surface area is 185 Å². The second-order valence-corrected chi connectivity index (χ2v) is 8.51. The summed E-state index contributed by atoms with van der Waals surface area (Å²) in [5.41, 5.74) is 0.166. The van der Waals surface area contributed by atoms with Crippen LogP contribution < -0.4 is 5.56 Å². The van der Waals surface area contributed by atoms with Gasteiger partial charge in [-0.15, -0.1) is 5.10 Å². The fraction of sp³-hybridized carbons (Fsp3) is 0.111. The molecule has 13 heteroatoms. The first-order valence-electron chi connectivity index (χ1n) is 8.46. The van der Waals surface area contributed by atoms with Crippen molar-refractivity contribution in [3.63, 3.8) is 0 Å². The van der Waals surface area contributed by atoms with Crippen molar-refractivity contribution >= 4 is 45.4 Å². The normalized spacial score (nSPS) is 13.0. The molecule has 0 amide bonds. The first-order valence-corrected chi connectivity index (χ1v) is 10.5. The number of halogens is 5. The highest BCUT2D eigenvalue weighted by Gasteiger charge is 2.36. The Morgan fingerprint density at radius 3 is 2.65 bits per heavy atom. The van der Waals surface area contributed by atoms with Gasteiger partial charge in [-0.25, -0.2) is 9.67 Å². The van der Waals surface area contributed by atoms with Crippen LogP contribution in [0.2, 0.25) is 10.0 Å². The topological polar surface area (TPSA) is 88.7 Å². The number of nitrogens with zero attached hydrogens (tertiary/aromatic N) is 5. The van der Waals surface area contributed by atoms with E-state index in [0.29, 0.717) is 5.69 Å². The molecule has 0 aliphatic carbocycles. The summed E-state index contributed by atoms with van der Waals surface area (Å²) in [6.45, 7) is 0.